The second kappa shape index (κ2) is 10.8. The fourth-order valence-electron chi connectivity index (χ4n) is 3.62. The number of aromatic nitrogens is 1. The van der Waals surface area contributed by atoms with Crippen molar-refractivity contribution in [1.29, 1.82) is 5.26 Å². The smallest absolute Gasteiger partial charge is 0.293 e. The minimum atomic E-state index is -0.846. The Labute approximate surface area is 218 Å². The first-order valence-corrected chi connectivity index (χ1v) is 12.3. The van der Waals surface area contributed by atoms with E-state index in [1.807, 2.05) is 13.0 Å². The van der Waals surface area contributed by atoms with Crippen LogP contribution in [0.2, 0.25) is 0 Å². The van der Waals surface area contributed by atoms with E-state index in [0.717, 1.165) is 11.3 Å². The maximum atomic E-state index is 13.6. The fraction of sp³-hybridized carbons (Fsp3) is 0.296. The fourth-order valence-corrected chi connectivity index (χ4v) is 4.72. The minimum absolute atomic E-state index is 0.102. The molecule has 1 aromatic heterocycles. The van der Waals surface area contributed by atoms with Gasteiger partial charge < -0.3 is 9.64 Å². The zero-order valence-corrected chi connectivity index (χ0v) is 22.4. The molecule has 3 aromatic rings. The highest BCUT2D eigenvalue weighted by atomic mass is 32.1. The van der Waals surface area contributed by atoms with Crippen molar-refractivity contribution in [3.05, 3.63) is 77.7 Å². The summed E-state index contributed by atoms with van der Waals surface area (Å²) in [5.74, 6) is 0.222. The first-order valence-electron chi connectivity index (χ1n) is 11.5. The Hall–Kier alpha value is -4.23. The van der Waals surface area contributed by atoms with Gasteiger partial charge >= 0.3 is 0 Å². The van der Waals surface area contributed by atoms with Crippen molar-refractivity contribution < 1.29 is 14.5 Å². The van der Waals surface area contributed by atoms with Crippen LogP contribution in [-0.2, 0) is 4.79 Å². The van der Waals surface area contributed by atoms with E-state index >= 15 is 0 Å². The number of nitro benzene ring substituents is 1. The average Bonchev–Trinajstić information content (AvgIpc) is 3.14. The summed E-state index contributed by atoms with van der Waals surface area (Å²) in [6.07, 6.45) is 1.53. The van der Waals surface area contributed by atoms with Crippen LogP contribution in [0.5, 0.6) is 5.75 Å². The van der Waals surface area contributed by atoms with E-state index in [-0.39, 0.29) is 20.5 Å². The highest BCUT2D eigenvalue weighted by molar-refractivity contribution is 7.07. The summed E-state index contributed by atoms with van der Waals surface area (Å²) in [6.45, 7) is 7.46. The zero-order chi connectivity index (χ0) is 27.5. The Balaban J connectivity index is 2.38. The summed E-state index contributed by atoms with van der Waals surface area (Å²) < 4.78 is 7.24. The molecular weight excluding hydrogens is 492 g/mol. The quantitative estimate of drug-likeness (QED) is 0.346. The Morgan fingerprint density at radius 1 is 1.22 bits per heavy atom. The molecule has 0 fully saturated rings. The number of nitrogens with zero attached hydrogens (tertiary/aromatic N) is 4. The van der Waals surface area contributed by atoms with Crippen LogP contribution in [0.1, 0.15) is 33.3 Å². The summed E-state index contributed by atoms with van der Waals surface area (Å²) in [7, 11) is 3.41. The van der Waals surface area contributed by atoms with Crippen molar-refractivity contribution in [2.24, 2.45) is 5.41 Å². The van der Waals surface area contributed by atoms with Crippen molar-refractivity contribution in [1.82, 2.24) is 4.57 Å². The zero-order valence-electron chi connectivity index (χ0n) is 21.6. The van der Waals surface area contributed by atoms with E-state index in [1.54, 1.807) is 76.2 Å². The first-order chi connectivity index (χ1) is 17.4. The van der Waals surface area contributed by atoms with Crippen LogP contribution in [0.3, 0.4) is 0 Å². The predicted molar refractivity (Wildman–Crippen MR) is 145 cm³/mol. The van der Waals surface area contributed by atoms with Crippen LogP contribution in [0.15, 0.2) is 47.3 Å². The van der Waals surface area contributed by atoms with E-state index in [0.29, 0.717) is 29.3 Å². The third-order valence-corrected chi connectivity index (χ3v) is 6.53. The van der Waals surface area contributed by atoms with Gasteiger partial charge in [-0.05, 0) is 48.9 Å². The molecule has 2 aromatic carbocycles. The molecule has 0 N–H and O–H groups in total. The Bertz CT molecular complexity index is 1570. The van der Waals surface area contributed by atoms with Gasteiger partial charge in [-0.3, -0.25) is 24.3 Å². The van der Waals surface area contributed by atoms with E-state index in [9.17, 15) is 25.0 Å². The molecule has 9 nitrogen and oxygen atoms in total. The number of hydrogen-bond donors (Lipinski definition) is 0. The molecule has 0 radical (unpaired) electrons. The van der Waals surface area contributed by atoms with Gasteiger partial charge in [-0.15, -0.1) is 11.3 Å². The predicted octanol–water partition coefficient (Wildman–Crippen LogP) is 3.39. The van der Waals surface area contributed by atoms with Crippen LogP contribution in [0.25, 0.3) is 17.3 Å². The number of carbonyl (C=O) groups excluding carboxylic acids is 1. The number of ether oxygens (including phenoxy) is 1. The number of anilines is 1. The van der Waals surface area contributed by atoms with E-state index in [1.165, 1.54) is 16.7 Å². The molecule has 1 heterocycles. The van der Waals surface area contributed by atoms with Gasteiger partial charge in [0.1, 0.15) is 27.7 Å². The average molecular weight is 521 g/mol. The van der Waals surface area contributed by atoms with E-state index < -0.39 is 21.7 Å². The Morgan fingerprint density at radius 3 is 2.38 bits per heavy atom. The lowest BCUT2D eigenvalue weighted by atomic mass is 9.87. The van der Waals surface area contributed by atoms with E-state index in [2.05, 4.69) is 0 Å². The molecule has 0 saturated heterocycles. The molecule has 0 atom stereocenters. The molecule has 0 aliphatic heterocycles. The van der Waals surface area contributed by atoms with Crippen LogP contribution in [0, 0.1) is 26.9 Å². The Morgan fingerprint density at radius 2 is 1.86 bits per heavy atom. The van der Waals surface area contributed by atoms with Crippen molar-refractivity contribution >= 4 is 40.1 Å². The lowest BCUT2D eigenvalue weighted by Gasteiger charge is -2.15. The minimum Gasteiger partial charge on any atom is -0.494 e. The number of nitriles is 1. The molecule has 37 heavy (non-hydrogen) atoms. The molecule has 0 saturated carbocycles. The maximum absolute atomic E-state index is 13.6. The van der Waals surface area contributed by atoms with Gasteiger partial charge in [0.2, 0.25) is 0 Å². The molecule has 0 amide bonds. The van der Waals surface area contributed by atoms with Gasteiger partial charge in [0.25, 0.3) is 11.2 Å². The topological polar surface area (TPSA) is 118 Å². The molecule has 0 aliphatic carbocycles. The van der Waals surface area contributed by atoms with Gasteiger partial charge in [0, 0.05) is 25.6 Å². The molecule has 192 valence electrons. The SMILES string of the molecule is CCOc1ccc(-n2c(=C(C#N)C(=O)C(C)(C)C)sc(=Cc3ccc(N(C)C)c([N+](=O)[O-])c3)c2=O)cc1. The molecule has 0 spiro atoms. The van der Waals surface area contributed by atoms with Crippen molar-refractivity contribution in [2.45, 2.75) is 27.7 Å². The van der Waals surface area contributed by atoms with E-state index in [4.69, 9.17) is 4.74 Å². The first kappa shape index (κ1) is 27.4. The molecule has 10 heteroatoms. The summed E-state index contributed by atoms with van der Waals surface area (Å²) in [6, 6.07) is 13.5. The highest BCUT2D eigenvalue weighted by Crippen LogP contribution is 2.28. The monoisotopic (exact) mass is 520 g/mol. The number of nitro groups is 1. The standard InChI is InChI=1S/C27H28N4O5S/c1-7-36-19-11-9-18(10-12-19)30-25(33)23(37-26(30)20(16-28)24(32)27(2,3)4)15-17-8-13-21(29(5)6)22(14-17)31(34)35/h8-15H,7H2,1-6H3. The van der Waals surface area contributed by atoms with Crippen molar-refractivity contribution in [3.8, 4) is 17.5 Å². The largest absolute Gasteiger partial charge is 0.494 e. The molecular formula is C27H28N4O5S. The summed E-state index contributed by atoms with van der Waals surface area (Å²) >= 11 is 0.995. The number of carbonyl (C=O) groups is 1. The van der Waals surface area contributed by atoms with Crippen LogP contribution >= 0.6 is 11.3 Å². The van der Waals surface area contributed by atoms with Gasteiger partial charge in [-0.2, -0.15) is 5.26 Å². The maximum Gasteiger partial charge on any atom is 0.293 e. The number of Topliss-reactive ketones (excluding diaryl/α,β-unsaturated/α-hetero) is 1. The van der Waals surface area contributed by atoms with Gasteiger partial charge in [-0.1, -0.05) is 26.8 Å². The molecule has 0 aliphatic rings. The van der Waals surface area contributed by atoms with Crippen LogP contribution in [0.4, 0.5) is 11.4 Å². The number of hydrogen-bond acceptors (Lipinski definition) is 8. The van der Waals surface area contributed by atoms with Crippen LogP contribution in [-0.4, -0.2) is 36.0 Å². The second-order valence-electron chi connectivity index (χ2n) is 9.45. The molecule has 0 bridgehead atoms. The molecule has 3 rings (SSSR count). The number of ketones is 1. The molecule has 0 unspecified atom stereocenters. The van der Waals surface area contributed by atoms with Gasteiger partial charge in [0.05, 0.1) is 21.7 Å². The van der Waals surface area contributed by atoms with Gasteiger partial charge in [0.15, 0.2) is 5.78 Å². The lowest BCUT2D eigenvalue weighted by molar-refractivity contribution is -0.384. The lowest BCUT2D eigenvalue weighted by Crippen LogP contribution is -2.33. The summed E-state index contributed by atoms with van der Waals surface area (Å²) in [5, 5.41) is 21.6. The Kier molecular flexibility index (Phi) is 7.99. The highest BCUT2D eigenvalue weighted by Gasteiger charge is 2.27. The van der Waals surface area contributed by atoms with Gasteiger partial charge in [-0.25, -0.2) is 0 Å². The number of benzene rings is 2. The normalized spacial score (nSPS) is 12.6. The second-order valence-corrected chi connectivity index (χ2v) is 10.5. The summed E-state index contributed by atoms with van der Waals surface area (Å²) in [4.78, 5) is 39.6. The van der Waals surface area contributed by atoms with Crippen LogP contribution < -0.4 is 24.4 Å². The van der Waals surface area contributed by atoms with Crippen molar-refractivity contribution in [3.63, 3.8) is 0 Å². The number of thiazole rings is 1. The third-order valence-electron chi connectivity index (χ3n) is 5.44. The number of rotatable bonds is 7. The van der Waals surface area contributed by atoms with Crippen molar-refractivity contribution in [2.75, 3.05) is 25.6 Å². The third kappa shape index (κ3) is 5.78. The summed E-state index contributed by atoms with van der Waals surface area (Å²) in [5.41, 5.74) is -0.188.